The summed E-state index contributed by atoms with van der Waals surface area (Å²) in [6, 6.07) is 7.82. The van der Waals surface area contributed by atoms with Crippen LogP contribution in [0.1, 0.15) is 23.1 Å². The lowest BCUT2D eigenvalue weighted by Crippen LogP contribution is -2.32. The van der Waals surface area contributed by atoms with Crippen LogP contribution in [0.5, 0.6) is 17.2 Å². The molecule has 1 aliphatic carbocycles. The normalized spacial score (nSPS) is 13.3. The maximum absolute atomic E-state index is 10.2. The van der Waals surface area contributed by atoms with Crippen molar-refractivity contribution in [3.05, 3.63) is 41.0 Å². The Morgan fingerprint density at radius 1 is 1.03 bits per heavy atom. The summed E-state index contributed by atoms with van der Waals surface area (Å²) < 4.78 is 16.3. The quantitative estimate of drug-likeness (QED) is 0.333. The first kappa shape index (κ1) is 23.9. The maximum atomic E-state index is 10.2. The Hall–Kier alpha value is -2.35. The SMILES string of the molecule is COc1ccc(CCNCC(O)COc2cc3c(c(N)c2N)CCC3)cc1OC.Cl. The predicted octanol–water partition coefficient (Wildman–Crippen LogP) is 2.35. The fraction of sp³-hybridized carbons (Fsp3) is 0.455. The van der Waals surface area contributed by atoms with Crippen LogP contribution in [0.2, 0.25) is 0 Å². The van der Waals surface area contributed by atoms with E-state index < -0.39 is 6.10 Å². The highest BCUT2D eigenvalue weighted by molar-refractivity contribution is 5.85. The van der Waals surface area contributed by atoms with E-state index in [-0.39, 0.29) is 19.0 Å². The minimum atomic E-state index is -0.644. The number of anilines is 2. The number of aryl methyl sites for hydroxylation is 1. The van der Waals surface area contributed by atoms with E-state index in [9.17, 15) is 5.11 Å². The molecule has 0 bridgehead atoms. The standard InChI is InChI=1S/C22H31N3O4.ClH/c1-27-18-7-6-14(10-19(18)28-2)8-9-25-12-16(26)13-29-20-11-15-4-3-5-17(15)21(23)22(20)24;/h6-7,10-11,16,25-26H,3-5,8-9,12-13,23-24H2,1-2H3;1H. The van der Waals surface area contributed by atoms with Gasteiger partial charge in [0, 0.05) is 6.54 Å². The summed E-state index contributed by atoms with van der Waals surface area (Å²) in [4.78, 5) is 0. The highest BCUT2D eigenvalue weighted by atomic mass is 35.5. The van der Waals surface area contributed by atoms with Gasteiger partial charge in [0.15, 0.2) is 11.5 Å². The van der Waals surface area contributed by atoms with Crippen molar-refractivity contribution in [2.24, 2.45) is 0 Å². The number of fused-ring (bicyclic) bond motifs is 1. The zero-order chi connectivity index (χ0) is 20.8. The summed E-state index contributed by atoms with van der Waals surface area (Å²) in [5, 5.41) is 13.5. The molecule has 0 spiro atoms. The Morgan fingerprint density at radius 2 is 1.80 bits per heavy atom. The third-order valence-electron chi connectivity index (χ3n) is 5.30. The molecule has 7 nitrogen and oxygen atoms in total. The van der Waals surface area contributed by atoms with Gasteiger partial charge in [-0.25, -0.2) is 0 Å². The number of aliphatic hydroxyl groups excluding tert-OH is 1. The molecule has 166 valence electrons. The molecule has 30 heavy (non-hydrogen) atoms. The van der Waals surface area contributed by atoms with Gasteiger partial charge in [0.25, 0.3) is 0 Å². The molecule has 1 atom stereocenters. The molecule has 2 aromatic carbocycles. The van der Waals surface area contributed by atoms with Gasteiger partial charge in [-0.15, -0.1) is 12.4 Å². The molecule has 8 heteroatoms. The van der Waals surface area contributed by atoms with E-state index in [1.54, 1.807) is 14.2 Å². The predicted molar refractivity (Wildman–Crippen MR) is 122 cm³/mol. The lowest BCUT2D eigenvalue weighted by atomic mass is 10.1. The van der Waals surface area contributed by atoms with Crippen LogP contribution in [0.25, 0.3) is 0 Å². The van der Waals surface area contributed by atoms with Gasteiger partial charge >= 0.3 is 0 Å². The minimum Gasteiger partial charge on any atom is -0.493 e. The number of halogens is 1. The second kappa shape index (κ2) is 11.2. The molecule has 2 aromatic rings. The van der Waals surface area contributed by atoms with Crippen LogP contribution in [-0.4, -0.2) is 45.1 Å². The molecule has 0 aromatic heterocycles. The molecule has 1 aliphatic rings. The zero-order valence-corrected chi connectivity index (χ0v) is 18.4. The molecule has 0 radical (unpaired) electrons. The molecule has 0 fully saturated rings. The Kier molecular flexibility index (Phi) is 8.89. The van der Waals surface area contributed by atoms with Crippen molar-refractivity contribution in [2.75, 3.05) is 45.4 Å². The van der Waals surface area contributed by atoms with Gasteiger partial charge < -0.3 is 36.1 Å². The average Bonchev–Trinajstić information content (AvgIpc) is 3.21. The van der Waals surface area contributed by atoms with Crippen LogP contribution in [0, 0.1) is 0 Å². The third kappa shape index (κ3) is 5.62. The lowest BCUT2D eigenvalue weighted by molar-refractivity contribution is 0.107. The van der Waals surface area contributed by atoms with Crippen LogP contribution >= 0.6 is 12.4 Å². The Bertz CT molecular complexity index is 848. The number of hydrogen-bond acceptors (Lipinski definition) is 7. The van der Waals surface area contributed by atoms with Crippen LogP contribution in [-0.2, 0) is 19.3 Å². The lowest BCUT2D eigenvalue weighted by Gasteiger charge is -2.17. The van der Waals surface area contributed by atoms with Crippen molar-refractivity contribution in [3.63, 3.8) is 0 Å². The Labute approximate surface area is 184 Å². The van der Waals surface area contributed by atoms with E-state index in [0.717, 1.165) is 43.4 Å². The number of nitrogens with one attached hydrogen (secondary N) is 1. The molecule has 0 amide bonds. The summed E-state index contributed by atoms with van der Waals surface area (Å²) in [7, 11) is 3.24. The van der Waals surface area contributed by atoms with E-state index in [1.807, 2.05) is 24.3 Å². The third-order valence-corrected chi connectivity index (χ3v) is 5.30. The van der Waals surface area contributed by atoms with Crippen molar-refractivity contribution in [2.45, 2.75) is 31.8 Å². The summed E-state index contributed by atoms with van der Waals surface area (Å²) in [6.45, 7) is 1.31. The second-order valence-electron chi connectivity index (χ2n) is 7.30. The molecular formula is C22H32ClN3O4. The molecule has 0 saturated carbocycles. The maximum Gasteiger partial charge on any atom is 0.160 e. The van der Waals surface area contributed by atoms with Gasteiger partial charge in [0.1, 0.15) is 18.5 Å². The van der Waals surface area contributed by atoms with Crippen LogP contribution in [0.4, 0.5) is 11.4 Å². The van der Waals surface area contributed by atoms with E-state index in [4.69, 9.17) is 25.7 Å². The van der Waals surface area contributed by atoms with Gasteiger partial charge in [0.05, 0.1) is 25.6 Å². The van der Waals surface area contributed by atoms with Crippen molar-refractivity contribution in [1.29, 1.82) is 0 Å². The van der Waals surface area contributed by atoms with Crippen LogP contribution in [0.3, 0.4) is 0 Å². The number of aliphatic hydroxyl groups is 1. The van der Waals surface area contributed by atoms with E-state index >= 15 is 0 Å². The average molecular weight is 438 g/mol. The van der Waals surface area contributed by atoms with Crippen LogP contribution < -0.4 is 31.0 Å². The monoisotopic (exact) mass is 437 g/mol. The Morgan fingerprint density at radius 3 is 2.53 bits per heavy atom. The molecule has 0 heterocycles. The van der Waals surface area contributed by atoms with Crippen molar-refractivity contribution in [1.82, 2.24) is 5.32 Å². The van der Waals surface area contributed by atoms with Gasteiger partial charge in [-0.2, -0.15) is 0 Å². The second-order valence-corrected chi connectivity index (χ2v) is 7.30. The van der Waals surface area contributed by atoms with Gasteiger partial charge in [-0.05, 0) is 67.1 Å². The van der Waals surface area contributed by atoms with Gasteiger partial charge in [-0.1, -0.05) is 6.07 Å². The number of methoxy groups -OCH3 is 2. The summed E-state index contributed by atoms with van der Waals surface area (Å²) in [5.41, 5.74) is 16.8. The van der Waals surface area contributed by atoms with Crippen molar-refractivity contribution < 1.29 is 19.3 Å². The first-order valence-corrected chi connectivity index (χ1v) is 9.95. The number of nitrogen functional groups attached to an aromatic ring is 2. The summed E-state index contributed by atoms with van der Waals surface area (Å²) >= 11 is 0. The first-order valence-electron chi connectivity index (χ1n) is 9.95. The fourth-order valence-electron chi connectivity index (χ4n) is 3.67. The van der Waals surface area contributed by atoms with Crippen molar-refractivity contribution >= 4 is 23.8 Å². The number of benzene rings is 2. The molecule has 3 rings (SSSR count). The number of nitrogens with two attached hydrogens (primary N) is 2. The molecular weight excluding hydrogens is 406 g/mol. The first-order chi connectivity index (χ1) is 14.0. The highest BCUT2D eigenvalue weighted by Gasteiger charge is 2.19. The number of rotatable bonds is 10. The topological polar surface area (TPSA) is 112 Å². The number of hydrogen-bond donors (Lipinski definition) is 4. The van der Waals surface area contributed by atoms with E-state index in [0.29, 0.717) is 35.2 Å². The minimum absolute atomic E-state index is 0. The van der Waals surface area contributed by atoms with Gasteiger partial charge in [-0.3, -0.25) is 0 Å². The highest BCUT2D eigenvalue weighted by Crippen LogP contribution is 2.38. The van der Waals surface area contributed by atoms with E-state index in [2.05, 4.69) is 5.32 Å². The molecule has 1 unspecified atom stereocenters. The number of ether oxygens (including phenoxy) is 3. The van der Waals surface area contributed by atoms with E-state index in [1.165, 1.54) is 5.56 Å². The summed E-state index contributed by atoms with van der Waals surface area (Å²) in [6.07, 6.45) is 3.22. The molecule has 0 aliphatic heterocycles. The molecule has 6 N–H and O–H groups in total. The largest absolute Gasteiger partial charge is 0.493 e. The zero-order valence-electron chi connectivity index (χ0n) is 17.6. The Balaban J connectivity index is 0.00000320. The fourth-order valence-corrected chi connectivity index (χ4v) is 3.67. The smallest absolute Gasteiger partial charge is 0.160 e. The molecule has 0 saturated heterocycles. The summed E-state index contributed by atoms with van der Waals surface area (Å²) in [5.74, 6) is 1.99. The van der Waals surface area contributed by atoms with Gasteiger partial charge in [0.2, 0.25) is 0 Å². The van der Waals surface area contributed by atoms with Crippen molar-refractivity contribution in [3.8, 4) is 17.2 Å². The van der Waals surface area contributed by atoms with Crippen LogP contribution in [0.15, 0.2) is 24.3 Å².